The molecule has 3 aromatic carbocycles. The number of benzene rings is 3. The summed E-state index contributed by atoms with van der Waals surface area (Å²) >= 11 is 0. The molecule has 0 bridgehead atoms. The summed E-state index contributed by atoms with van der Waals surface area (Å²) in [6.45, 7) is 2.05. The van der Waals surface area contributed by atoms with Gasteiger partial charge in [0.1, 0.15) is 5.75 Å². The van der Waals surface area contributed by atoms with Crippen molar-refractivity contribution in [1.82, 2.24) is 10.3 Å². The number of nitrogens with zero attached hydrogens (tertiary/aromatic N) is 2. The maximum Gasteiger partial charge on any atom is 0.319 e. The van der Waals surface area contributed by atoms with Crippen molar-refractivity contribution in [3.8, 4) is 16.9 Å². The van der Waals surface area contributed by atoms with Crippen LogP contribution in [-0.4, -0.2) is 21.8 Å². The highest BCUT2D eigenvalue weighted by molar-refractivity contribution is 6.03. The number of aryl methyl sites for hydroxylation is 1. The summed E-state index contributed by atoms with van der Waals surface area (Å²) in [6, 6.07) is 24.9. The molecular weight excluding hydrogens is 424 g/mol. The van der Waals surface area contributed by atoms with Gasteiger partial charge in [0, 0.05) is 23.6 Å². The van der Waals surface area contributed by atoms with E-state index in [4.69, 9.17) is 0 Å². The highest BCUT2D eigenvalue weighted by Crippen LogP contribution is 2.28. The van der Waals surface area contributed by atoms with Gasteiger partial charge in [0.15, 0.2) is 0 Å². The standard InChI is InChI=1S/C28H25N4O2/c1-19-8-10-20(11-9-19)21-12-14-23(15-13-21)31-28(34)32-26(24-6-2-3-7-27(24)33)17-25(29)22-5-4-16-30-18-22/h2-16,18,26,33H,17H2,1H3,(H2,31,32,34)/q-1. The zero-order chi connectivity index (χ0) is 23.9. The summed E-state index contributed by atoms with van der Waals surface area (Å²) in [5, 5.41) is 26.7. The van der Waals surface area contributed by atoms with E-state index >= 15 is 0 Å². The first-order valence-electron chi connectivity index (χ1n) is 11.0. The van der Waals surface area contributed by atoms with Gasteiger partial charge in [0.05, 0.1) is 6.04 Å². The summed E-state index contributed by atoms with van der Waals surface area (Å²) in [5.41, 5.74) is 5.09. The first-order valence-corrected chi connectivity index (χ1v) is 11.0. The predicted octanol–water partition coefficient (Wildman–Crippen LogP) is 6.07. The number of nitrogens with one attached hydrogen (secondary N) is 2. The number of anilines is 1. The molecular formula is C28H25N4O2-. The topological polar surface area (TPSA) is 96.6 Å². The van der Waals surface area contributed by atoms with Crippen LogP contribution in [0.2, 0.25) is 0 Å². The molecule has 0 spiro atoms. The molecule has 0 radical (unpaired) electrons. The number of aromatic hydroxyl groups is 1. The number of carbonyl (C=O) groups excluding carboxylic acids is 1. The molecule has 0 fully saturated rings. The number of rotatable bonds is 7. The summed E-state index contributed by atoms with van der Waals surface area (Å²) in [7, 11) is 0. The van der Waals surface area contributed by atoms with Gasteiger partial charge in [-0.05, 0) is 54.3 Å². The minimum absolute atomic E-state index is 0.0363. The molecule has 3 N–H and O–H groups in total. The van der Waals surface area contributed by atoms with Gasteiger partial charge in [-0.1, -0.05) is 66.2 Å². The quantitative estimate of drug-likeness (QED) is 0.299. The molecule has 4 rings (SSSR count). The Morgan fingerprint density at radius 2 is 1.62 bits per heavy atom. The Hall–Kier alpha value is -4.45. The van der Waals surface area contributed by atoms with Crippen LogP contribution in [0.4, 0.5) is 10.5 Å². The fourth-order valence-corrected chi connectivity index (χ4v) is 3.68. The minimum Gasteiger partial charge on any atom is -0.807 e. The van der Waals surface area contributed by atoms with Crippen molar-refractivity contribution >= 4 is 17.4 Å². The van der Waals surface area contributed by atoms with Crippen molar-refractivity contribution in [3.05, 3.63) is 119 Å². The number of pyridine rings is 1. The number of hydrogen-bond donors (Lipinski definition) is 3. The van der Waals surface area contributed by atoms with Gasteiger partial charge >= 0.3 is 6.03 Å². The molecule has 1 heterocycles. The van der Waals surface area contributed by atoms with E-state index in [1.807, 2.05) is 31.2 Å². The molecule has 0 saturated heterocycles. The second-order valence-corrected chi connectivity index (χ2v) is 8.05. The molecule has 4 aromatic rings. The Labute approximate surface area is 198 Å². The lowest BCUT2D eigenvalue weighted by atomic mass is 9.97. The Morgan fingerprint density at radius 1 is 0.941 bits per heavy atom. The number of carbonyl (C=O) groups is 1. The van der Waals surface area contributed by atoms with E-state index in [9.17, 15) is 15.3 Å². The highest BCUT2D eigenvalue weighted by Gasteiger charge is 2.18. The van der Waals surface area contributed by atoms with Crippen LogP contribution in [-0.2, 0) is 0 Å². The number of para-hydroxylation sites is 1. The lowest BCUT2D eigenvalue weighted by molar-refractivity contribution is 0.248. The van der Waals surface area contributed by atoms with Gasteiger partial charge < -0.3 is 21.1 Å². The fourth-order valence-electron chi connectivity index (χ4n) is 3.68. The van der Waals surface area contributed by atoms with Crippen LogP contribution in [0.15, 0.2) is 97.3 Å². The average Bonchev–Trinajstić information content (AvgIpc) is 2.85. The Kier molecular flexibility index (Phi) is 6.98. The first-order chi connectivity index (χ1) is 16.5. The molecule has 0 aliphatic carbocycles. The SMILES string of the molecule is Cc1ccc(-c2ccc(NC(=O)NC(CC(=[N-])c3cccnc3)c3ccccc3O)cc2)cc1. The monoisotopic (exact) mass is 449 g/mol. The van der Waals surface area contributed by atoms with Crippen LogP contribution < -0.4 is 10.6 Å². The van der Waals surface area contributed by atoms with Crippen molar-refractivity contribution in [1.29, 1.82) is 0 Å². The molecule has 2 amide bonds. The summed E-state index contributed by atoms with van der Waals surface area (Å²) in [4.78, 5) is 16.8. The number of aromatic nitrogens is 1. The fraction of sp³-hybridized carbons (Fsp3) is 0.107. The van der Waals surface area contributed by atoms with E-state index in [0.717, 1.165) is 11.1 Å². The van der Waals surface area contributed by atoms with Crippen LogP contribution >= 0.6 is 0 Å². The van der Waals surface area contributed by atoms with Gasteiger partial charge in [0.2, 0.25) is 0 Å². The zero-order valence-corrected chi connectivity index (χ0v) is 18.8. The predicted molar refractivity (Wildman–Crippen MR) is 136 cm³/mol. The van der Waals surface area contributed by atoms with Crippen molar-refractivity contribution in [2.45, 2.75) is 19.4 Å². The summed E-state index contributed by atoms with van der Waals surface area (Å²) in [6.07, 6.45) is 3.25. The number of phenolic OH excluding ortho intramolecular Hbond substituents is 1. The van der Waals surface area contributed by atoms with Crippen LogP contribution in [0.25, 0.3) is 16.5 Å². The Bertz CT molecular complexity index is 1270. The number of urea groups is 1. The largest absolute Gasteiger partial charge is 0.807 e. The van der Waals surface area contributed by atoms with Crippen LogP contribution in [0.5, 0.6) is 5.75 Å². The van der Waals surface area contributed by atoms with Crippen molar-refractivity contribution in [3.63, 3.8) is 0 Å². The number of amides is 2. The zero-order valence-electron chi connectivity index (χ0n) is 18.8. The smallest absolute Gasteiger partial charge is 0.319 e. The van der Waals surface area contributed by atoms with E-state index < -0.39 is 12.1 Å². The first kappa shape index (κ1) is 22.7. The molecule has 170 valence electrons. The van der Waals surface area contributed by atoms with E-state index in [1.165, 1.54) is 5.56 Å². The lowest BCUT2D eigenvalue weighted by Crippen LogP contribution is -2.33. The van der Waals surface area contributed by atoms with Gasteiger partial charge in [0.25, 0.3) is 0 Å². The molecule has 0 saturated carbocycles. The van der Waals surface area contributed by atoms with Crippen LogP contribution in [0.3, 0.4) is 0 Å². The number of phenols is 1. The Morgan fingerprint density at radius 3 is 2.26 bits per heavy atom. The molecule has 6 nitrogen and oxygen atoms in total. The molecule has 34 heavy (non-hydrogen) atoms. The minimum atomic E-state index is -0.659. The average molecular weight is 450 g/mol. The van der Waals surface area contributed by atoms with Gasteiger partial charge in [-0.15, -0.1) is 0 Å². The molecule has 0 aliphatic heterocycles. The maximum absolute atomic E-state index is 12.8. The van der Waals surface area contributed by atoms with E-state index in [1.54, 1.807) is 48.8 Å². The summed E-state index contributed by atoms with van der Waals surface area (Å²) in [5.74, 6) is 0.0363. The van der Waals surface area contributed by atoms with Crippen LogP contribution in [0.1, 0.15) is 29.2 Å². The third-order valence-electron chi connectivity index (χ3n) is 5.54. The van der Waals surface area contributed by atoms with Gasteiger partial charge in [-0.2, -0.15) is 5.71 Å². The molecule has 1 atom stereocenters. The van der Waals surface area contributed by atoms with Crippen molar-refractivity contribution < 1.29 is 9.90 Å². The molecule has 1 unspecified atom stereocenters. The summed E-state index contributed by atoms with van der Waals surface area (Å²) < 4.78 is 0. The van der Waals surface area contributed by atoms with Gasteiger partial charge in [-0.3, -0.25) is 4.98 Å². The van der Waals surface area contributed by atoms with E-state index in [-0.39, 0.29) is 17.9 Å². The second kappa shape index (κ2) is 10.4. The third-order valence-corrected chi connectivity index (χ3v) is 5.54. The van der Waals surface area contributed by atoms with Gasteiger partial charge in [-0.25, -0.2) is 4.79 Å². The van der Waals surface area contributed by atoms with Crippen molar-refractivity contribution in [2.75, 3.05) is 5.32 Å². The Balaban J connectivity index is 1.47. The highest BCUT2D eigenvalue weighted by atomic mass is 16.3. The third kappa shape index (κ3) is 5.66. The molecule has 6 heteroatoms. The molecule has 0 aliphatic rings. The van der Waals surface area contributed by atoms with E-state index in [2.05, 4.69) is 39.9 Å². The maximum atomic E-state index is 12.8. The normalized spacial score (nSPS) is 11.4. The second-order valence-electron chi connectivity index (χ2n) is 8.05. The van der Waals surface area contributed by atoms with Crippen LogP contribution in [0, 0.1) is 6.92 Å². The lowest BCUT2D eigenvalue weighted by Gasteiger charge is -2.24. The number of hydrogen-bond acceptors (Lipinski definition) is 3. The van der Waals surface area contributed by atoms with E-state index in [0.29, 0.717) is 16.8 Å². The van der Waals surface area contributed by atoms with Crippen molar-refractivity contribution in [2.24, 2.45) is 0 Å². The molecule has 1 aromatic heterocycles.